The third kappa shape index (κ3) is 5.50. The van der Waals surface area contributed by atoms with Gasteiger partial charge in [0.2, 0.25) is 0 Å². The van der Waals surface area contributed by atoms with E-state index in [2.05, 4.69) is 42.9 Å². The topological polar surface area (TPSA) is 61.1 Å². The Bertz CT molecular complexity index is 632. The molecule has 1 aromatic carbocycles. The van der Waals surface area contributed by atoms with Crippen molar-refractivity contribution in [2.24, 2.45) is 0 Å². The lowest BCUT2D eigenvalue weighted by Crippen LogP contribution is -2.30. The summed E-state index contributed by atoms with van der Waals surface area (Å²) in [6, 6.07) is 10.0. The van der Waals surface area contributed by atoms with Gasteiger partial charge in [-0.25, -0.2) is 13.0 Å². The monoisotopic (exact) mass is 293 g/mol. The molecule has 20 heavy (non-hydrogen) atoms. The Hall–Kier alpha value is -1.72. The molecule has 0 spiro atoms. The van der Waals surface area contributed by atoms with E-state index in [0.717, 1.165) is 12.1 Å². The van der Waals surface area contributed by atoms with Gasteiger partial charge >= 0.3 is 0 Å². The molecule has 2 rings (SSSR count). The number of pyridine rings is 1. The quantitative estimate of drug-likeness (QED) is 0.630. The lowest BCUT2D eigenvalue weighted by Gasteiger charge is -2.05. The number of nitrogens with zero attached hydrogens (tertiary/aromatic N) is 1. The summed E-state index contributed by atoms with van der Waals surface area (Å²) in [5.41, 5.74) is 2.25. The fraction of sp³-hybridized carbons (Fsp3) is 0.267. The van der Waals surface area contributed by atoms with Gasteiger partial charge in [0.05, 0.1) is 4.90 Å². The van der Waals surface area contributed by atoms with E-state index in [1.54, 1.807) is 12.1 Å². The average molecular weight is 293 g/mol. The van der Waals surface area contributed by atoms with Crippen LogP contribution < -0.4 is 4.57 Å². The molecule has 0 aliphatic heterocycles. The highest BCUT2D eigenvalue weighted by Gasteiger charge is 1.97. The smallest absolute Gasteiger partial charge is 0.169 e. The van der Waals surface area contributed by atoms with Gasteiger partial charge in [0, 0.05) is 12.1 Å². The lowest BCUT2D eigenvalue weighted by molar-refractivity contribution is -0.693. The Kier molecular flexibility index (Phi) is 5.85. The highest BCUT2D eigenvalue weighted by atomic mass is 32.2. The van der Waals surface area contributed by atoms with E-state index in [0.29, 0.717) is 0 Å². The molecule has 0 atom stereocenters. The van der Waals surface area contributed by atoms with Crippen LogP contribution in [-0.4, -0.2) is 13.0 Å². The van der Waals surface area contributed by atoms with Crippen molar-refractivity contribution in [2.75, 3.05) is 0 Å². The molecule has 108 valence electrons. The first-order chi connectivity index (χ1) is 9.32. The summed E-state index contributed by atoms with van der Waals surface area (Å²) >= 11 is 0. The van der Waals surface area contributed by atoms with Crippen LogP contribution in [0.5, 0.6) is 0 Å². The third-order valence-electron chi connectivity index (χ3n) is 2.73. The van der Waals surface area contributed by atoms with Crippen LogP contribution in [0, 0.1) is 13.8 Å². The summed E-state index contributed by atoms with van der Waals surface area (Å²) in [5.74, 6) is 0. The molecule has 0 saturated carbocycles. The van der Waals surface area contributed by atoms with Gasteiger partial charge in [0.25, 0.3) is 0 Å². The lowest BCUT2D eigenvalue weighted by atomic mass is 10.2. The standard InChI is InChI=1S/C8H12N.C7H8O3S/c1-3-9-6-4-8(2)5-7-9;1-6-2-4-7(5-3-6)11(8,9)10/h4-7H,3H2,1-2H3;2-5H,1H3,(H,8,9,10)/q+1;/p-1. The summed E-state index contributed by atoms with van der Waals surface area (Å²) in [7, 11) is -4.27. The second-order valence-corrected chi connectivity index (χ2v) is 5.85. The van der Waals surface area contributed by atoms with Crippen molar-refractivity contribution in [2.45, 2.75) is 32.2 Å². The second kappa shape index (κ2) is 7.17. The zero-order valence-corrected chi connectivity index (χ0v) is 12.7. The highest BCUT2D eigenvalue weighted by molar-refractivity contribution is 7.85. The van der Waals surface area contributed by atoms with Gasteiger partial charge in [-0.05, 0) is 38.5 Å². The molecular formula is C15H19NO3S. The summed E-state index contributed by atoms with van der Waals surface area (Å²) in [5, 5.41) is 0. The Labute approximate surface area is 120 Å². The van der Waals surface area contributed by atoms with Crippen molar-refractivity contribution < 1.29 is 17.5 Å². The van der Waals surface area contributed by atoms with Gasteiger partial charge in [0.15, 0.2) is 12.4 Å². The molecule has 0 unspecified atom stereocenters. The van der Waals surface area contributed by atoms with Crippen LogP contribution in [0.15, 0.2) is 53.7 Å². The SMILES string of the molecule is CC[n+]1ccc(C)cc1.Cc1ccc(S(=O)(=O)[O-])cc1. The second-order valence-electron chi connectivity index (χ2n) is 4.47. The van der Waals surface area contributed by atoms with Gasteiger partial charge < -0.3 is 4.55 Å². The van der Waals surface area contributed by atoms with Crippen molar-refractivity contribution in [3.8, 4) is 0 Å². The maximum Gasteiger partial charge on any atom is 0.169 e. The Morgan fingerprint density at radius 2 is 1.40 bits per heavy atom. The summed E-state index contributed by atoms with van der Waals surface area (Å²) < 4.78 is 33.3. The van der Waals surface area contributed by atoms with Gasteiger partial charge in [-0.3, -0.25) is 0 Å². The number of hydrogen-bond acceptors (Lipinski definition) is 3. The molecule has 2 aromatic rings. The average Bonchev–Trinajstić information content (AvgIpc) is 2.40. The fourth-order valence-corrected chi connectivity index (χ4v) is 1.92. The maximum absolute atomic E-state index is 10.4. The zero-order chi connectivity index (χ0) is 15.2. The zero-order valence-electron chi connectivity index (χ0n) is 11.9. The molecular weight excluding hydrogens is 274 g/mol. The molecule has 0 aliphatic carbocycles. The Balaban J connectivity index is 0.000000204. The molecule has 4 nitrogen and oxygen atoms in total. The first-order valence-electron chi connectivity index (χ1n) is 6.31. The van der Waals surface area contributed by atoms with Crippen molar-refractivity contribution >= 4 is 10.1 Å². The largest absolute Gasteiger partial charge is 0.744 e. The first-order valence-corrected chi connectivity index (χ1v) is 7.72. The third-order valence-corrected chi connectivity index (χ3v) is 3.58. The minimum Gasteiger partial charge on any atom is -0.744 e. The Morgan fingerprint density at radius 1 is 0.950 bits per heavy atom. The van der Waals surface area contributed by atoms with E-state index in [9.17, 15) is 13.0 Å². The predicted molar refractivity (Wildman–Crippen MR) is 76.2 cm³/mol. The van der Waals surface area contributed by atoms with Gasteiger partial charge in [-0.2, -0.15) is 0 Å². The number of aryl methyl sites for hydroxylation is 3. The molecule has 5 heteroatoms. The molecule has 0 amide bonds. The van der Waals surface area contributed by atoms with E-state index in [4.69, 9.17) is 0 Å². The number of benzene rings is 1. The van der Waals surface area contributed by atoms with Crippen molar-refractivity contribution in [1.29, 1.82) is 0 Å². The van der Waals surface area contributed by atoms with E-state index >= 15 is 0 Å². The molecule has 0 aliphatic rings. The molecule has 0 bridgehead atoms. The maximum atomic E-state index is 10.4. The minimum absolute atomic E-state index is 0.178. The highest BCUT2D eigenvalue weighted by Crippen LogP contribution is 2.08. The fourth-order valence-electron chi connectivity index (χ4n) is 1.45. The number of hydrogen-bond donors (Lipinski definition) is 0. The van der Waals surface area contributed by atoms with Crippen LogP contribution in [0.4, 0.5) is 0 Å². The predicted octanol–water partition coefficient (Wildman–Crippen LogP) is 2.20. The summed E-state index contributed by atoms with van der Waals surface area (Å²) in [4.78, 5) is -0.178. The van der Waals surface area contributed by atoms with Crippen LogP contribution >= 0.6 is 0 Å². The van der Waals surface area contributed by atoms with Crippen LogP contribution in [0.25, 0.3) is 0 Å². The summed E-state index contributed by atoms with van der Waals surface area (Å²) in [6.07, 6.45) is 4.19. The minimum atomic E-state index is -4.27. The molecule has 0 N–H and O–H groups in total. The molecule has 0 radical (unpaired) electrons. The molecule has 1 aromatic heterocycles. The van der Waals surface area contributed by atoms with Crippen molar-refractivity contribution in [3.63, 3.8) is 0 Å². The number of aromatic nitrogens is 1. The van der Waals surface area contributed by atoms with E-state index in [-0.39, 0.29) is 4.90 Å². The van der Waals surface area contributed by atoms with E-state index in [1.807, 2.05) is 6.92 Å². The van der Waals surface area contributed by atoms with Crippen LogP contribution in [-0.2, 0) is 16.7 Å². The van der Waals surface area contributed by atoms with E-state index < -0.39 is 10.1 Å². The van der Waals surface area contributed by atoms with Gasteiger partial charge in [-0.15, -0.1) is 0 Å². The van der Waals surface area contributed by atoms with Crippen molar-refractivity contribution in [1.82, 2.24) is 0 Å². The van der Waals surface area contributed by atoms with Gasteiger partial charge in [-0.1, -0.05) is 17.7 Å². The van der Waals surface area contributed by atoms with Crippen molar-refractivity contribution in [3.05, 3.63) is 59.9 Å². The summed E-state index contributed by atoms with van der Waals surface area (Å²) in [6.45, 7) is 7.11. The van der Waals surface area contributed by atoms with Gasteiger partial charge in [0.1, 0.15) is 16.7 Å². The molecule has 0 fully saturated rings. The Morgan fingerprint density at radius 3 is 1.80 bits per heavy atom. The van der Waals surface area contributed by atoms with Crippen LogP contribution in [0.2, 0.25) is 0 Å². The van der Waals surface area contributed by atoms with E-state index in [1.165, 1.54) is 17.7 Å². The molecule has 1 heterocycles. The van der Waals surface area contributed by atoms with Crippen LogP contribution in [0.1, 0.15) is 18.1 Å². The normalized spacial score (nSPS) is 10.6. The number of rotatable bonds is 2. The molecule has 0 saturated heterocycles. The van der Waals surface area contributed by atoms with Crippen LogP contribution in [0.3, 0.4) is 0 Å². The first kappa shape index (κ1) is 16.3.